The zero-order valence-corrected chi connectivity index (χ0v) is 15.4. The van der Waals surface area contributed by atoms with Crippen LogP contribution in [0.15, 0.2) is 47.7 Å². The molecule has 0 saturated carbocycles. The van der Waals surface area contributed by atoms with E-state index in [0.29, 0.717) is 19.6 Å². The average molecular weight is 379 g/mol. The van der Waals surface area contributed by atoms with Gasteiger partial charge >= 0.3 is 0 Å². The van der Waals surface area contributed by atoms with Gasteiger partial charge in [-0.15, -0.1) is 12.4 Å². The molecule has 0 spiro atoms. The number of hydrogen-bond acceptors (Lipinski definition) is 4. The molecule has 1 amide bonds. The number of carbonyl (C=O) groups is 1. The molecule has 1 aromatic heterocycles. The molecule has 2 aromatic rings. The van der Waals surface area contributed by atoms with Gasteiger partial charge in [0.2, 0.25) is 5.91 Å². The van der Waals surface area contributed by atoms with Gasteiger partial charge < -0.3 is 20.9 Å². The number of aryl methyl sites for hydroxylation is 1. The lowest BCUT2D eigenvalue weighted by Gasteiger charge is -2.13. The van der Waals surface area contributed by atoms with E-state index in [1.807, 2.05) is 30.3 Å². The summed E-state index contributed by atoms with van der Waals surface area (Å²) in [5, 5.41) is 0. The van der Waals surface area contributed by atoms with Crippen molar-refractivity contribution in [1.82, 2.24) is 4.98 Å². The number of ether oxygens (including phenoxy) is 2. The zero-order chi connectivity index (χ0) is 18.1. The summed E-state index contributed by atoms with van der Waals surface area (Å²) in [6.07, 6.45) is 4.24. The van der Waals surface area contributed by atoms with Crippen LogP contribution in [0, 0.1) is 0 Å². The number of halogens is 1. The molecule has 8 heteroatoms. The minimum atomic E-state index is -0.349. The highest BCUT2D eigenvalue weighted by Crippen LogP contribution is 2.31. The van der Waals surface area contributed by atoms with Crippen LogP contribution in [-0.4, -0.2) is 37.2 Å². The number of nitrogens with two attached hydrogens (primary N) is 2. The minimum absolute atomic E-state index is 0. The number of aromatic nitrogens is 1. The number of hydrogen-bond donors (Lipinski definition) is 2. The Morgan fingerprint density at radius 3 is 2.69 bits per heavy atom. The molecule has 140 valence electrons. The van der Waals surface area contributed by atoms with Gasteiger partial charge in [0.25, 0.3) is 0 Å². The highest BCUT2D eigenvalue weighted by atomic mass is 35.5. The number of aliphatic imine (C=N–C) groups is 1. The number of amides is 1. The SMILES string of the molecule is COCCOc1cc(CCC(=O)N=C(N)N)ccc1-c1cccnc1.Cl. The number of methoxy groups -OCH3 is 1. The Bertz CT molecular complexity index is 734. The Morgan fingerprint density at radius 2 is 2.04 bits per heavy atom. The smallest absolute Gasteiger partial charge is 0.249 e. The van der Waals surface area contributed by atoms with Crippen molar-refractivity contribution in [1.29, 1.82) is 0 Å². The van der Waals surface area contributed by atoms with Crippen molar-refractivity contribution in [3.8, 4) is 16.9 Å². The number of rotatable bonds is 8. The molecule has 0 fully saturated rings. The second kappa shape index (κ2) is 11.1. The number of benzene rings is 1. The first-order valence-corrected chi connectivity index (χ1v) is 7.87. The molecule has 0 aliphatic carbocycles. The van der Waals surface area contributed by atoms with E-state index in [1.54, 1.807) is 19.5 Å². The van der Waals surface area contributed by atoms with Crippen LogP contribution in [0.3, 0.4) is 0 Å². The van der Waals surface area contributed by atoms with Crippen molar-refractivity contribution in [3.05, 3.63) is 48.3 Å². The van der Waals surface area contributed by atoms with E-state index in [-0.39, 0.29) is 30.7 Å². The van der Waals surface area contributed by atoms with Gasteiger partial charge in [0.15, 0.2) is 5.96 Å². The normalized spacial score (nSPS) is 9.88. The Morgan fingerprint density at radius 1 is 1.23 bits per heavy atom. The second-order valence-electron chi connectivity index (χ2n) is 5.34. The Labute approximate surface area is 158 Å². The van der Waals surface area contributed by atoms with E-state index in [0.717, 1.165) is 22.4 Å². The van der Waals surface area contributed by atoms with Gasteiger partial charge in [-0.25, -0.2) is 0 Å². The molecular formula is C18H23ClN4O3. The summed E-state index contributed by atoms with van der Waals surface area (Å²) in [5.41, 5.74) is 13.3. The molecule has 1 heterocycles. The lowest BCUT2D eigenvalue weighted by molar-refractivity contribution is -0.117. The molecule has 1 aromatic carbocycles. The number of pyridine rings is 1. The summed E-state index contributed by atoms with van der Waals surface area (Å²) in [4.78, 5) is 19.3. The first-order valence-electron chi connectivity index (χ1n) is 7.87. The highest BCUT2D eigenvalue weighted by molar-refractivity contribution is 5.91. The van der Waals surface area contributed by atoms with Gasteiger partial charge in [0.1, 0.15) is 12.4 Å². The topological polar surface area (TPSA) is 113 Å². The molecule has 0 aliphatic heterocycles. The summed E-state index contributed by atoms with van der Waals surface area (Å²) in [6, 6.07) is 9.66. The van der Waals surface area contributed by atoms with Crippen molar-refractivity contribution in [2.24, 2.45) is 16.5 Å². The standard InChI is InChI=1S/C18H22N4O3.ClH/c1-24-9-10-25-16-11-13(5-7-17(23)22-18(19)20)4-6-15(16)14-3-2-8-21-12-14;/h2-4,6,8,11-12H,5,7,9-10H2,1H3,(H4,19,20,22,23);1H. The predicted octanol–water partition coefficient (Wildman–Crippen LogP) is 1.93. The maximum atomic E-state index is 11.6. The van der Waals surface area contributed by atoms with Gasteiger partial charge in [-0.3, -0.25) is 9.78 Å². The molecular weight excluding hydrogens is 356 g/mol. The molecule has 0 saturated heterocycles. The first kappa shape index (κ1) is 21.4. The maximum absolute atomic E-state index is 11.6. The number of nitrogens with zero attached hydrogens (tertiary/aromatic N) is 2. The fraction of sp³-hybridized carbons (Fsp3) is 0.278. The van der Waals surface area contributed by atoms with E-state index in [1.165, 1.54) is 0 Å². The van der Waals surface area contributed by atoms with Crippen LogP contribution in [0.25, 0.3) is 11.1 Å². The fourth-order valence-corrected chi connectivity index (χ4v) is 2.29. The van der Waals surface area contributed by atoms with Crippen LogP contribution in [0.4, 0.5) is 0 Å². The third-order valence-corrected chi connectivity index (χ3v) is 3.44. The highest BCUT2D eigenvalue weighted by Gasteiger charge is 2.09. The molecule has 0 aliphatic rings. The van der Waals surface area contributed by atoms with Crippen molar-refractivity contribution < 1.29 is 14.3 Å². The predicted molar refractivity (Wildman–Crippen MR) is 103 cm³/mol. The molecule has 0 unspecified atom stereocenters. The van der Waals surface area contributed by atoms with Crippen molar-refractivity contribution in [2.45, 2.75) is 12.8 Å². The van der Waals surface area contributed by atoms with E-state index in [2.05, 4.69) is 9.98 Å². The van der Waals surface area contributed by atoms with Gasteiger partial charge in [0, 0.05) is 37.1 Å². The van der Waals surface area contributed by atoms with Crippen molar-refractivity contribution in [3.63, 3.8) is 0 Å². The summed E-state index contributed by atoms with van der Waals surface area (Å²) in [7, 11) is 1.62. The zero-order valence-electron chi connectivity index (χ0n) is 14.6. The van der Waals surface area contributed by atoms with Crippen LogP contribution in [-0.2, 0) is 16.0 Å². The summed E-state index contributed by atoms with van der Waals surface area (Å²) in [5.74, 6) is 0.149. The van der Waals surface area contributed by atoms with Crippen molar-refractivity contribution in [2.75, 3.05) is 20.3 Å². The summed E-state index contributed by atoms with van der Waals surface area (Å²) >= 11 is 0. The Kier molecular flexibility index (Phi) is 9.11. The number of guanidine groups is 1. The molecule has 0 radical (unpaired) electrons. The Balaban J connectivity index is 0.00000338. The average Bonchev–Trinajstić information content (AvgIpc) is 2.60. The van der Waals surface area contributed by atoms with Crippen LogP contribution < -0.4 is 16.2 Å². The lowest BCUT2D eigenvalue weighted by Crippen LogP contribution is -2.24. The monoisotopic (exact) mass is 378 g/mol. The molecule has 26 heavy (non-hydrogen) atoms. The third-order valence-electron chi connectivity index (χ3n) is 3.44. The quantitative estimate of drug-likeness (QED) is 0.412. The minimum Gasteiger partial charge on any atom is -0.491 e. The lowest BCUT2D eigenvalue weighted by atomic mass is 10.0. The van der Waals surface area contributed by atoms with Gasteiger partial charge in [-0.05, 0) is 24.1 Å². The molecule has 0 atom stereocenters. The van der Waals surface area contributed by atoms with Crippen LogP contribution in [0.1, 0.15) is 12.0 Å². The largest absolute Gasteiger partial charge is 0.491 e. The van der Waals surface area contributed by atoms with Crippen LogP contribution >= 0.6 is 12.4 Å². The third kappa shape index (κ3) is 6.70. The van der Waals surface area contributed by atoms with E-state index >= 15 is 0 Å². The first-order chi connectivity index (χ1) is 12.1. The van der Waals surface area contributed by atoms with Crippen molar-refractivity contribution >= 4 is 24.3 Å². The van der Waals surface area contributed by atoms with Gasteiger partial charge in [0.05, 0.1) is 6.61 Å². The molecule has 4 N–H and O–H groups in total. The van der Waals surface area contributed by atoms with Crippen LogP contribution in [0.5, 0.6) is 5.75 Å². The number of carbonyl (C=O) groups excluding carboxylic acids is 1. The summed E-state index contributed by atoms with van der Waals surface area (Å²) in [6.45, 7) is 0.916. The molecule has 0 bridgehead atoms. The fourth-order valence-electron chi connectivity index (χ4n) is 2.29. The van der Waals surface area contributed by atoms with Crippen LogP contribution in [0.2, 0.25) is 0 Å². The van der Waals surface area contributed by atoms with E-state index in [4.69, 9.17) is 20.9 Å². The second-order valence-corrected chi connectivity index (χ2v) is 5.34. The Hall–Kier alpha value is -2.64. The van der Waals surface area contributed by atoms with Gasteiger partial charge in [-0.2, -0.15) is 4.99 Å². The van der Waals surface area contributed by atoms with E-state index < -0.39 is 0 Å². The summed E-state index contributed by atoms with van der Waals surface area (Å²) < 4.78 is 10.9. The molecule has 7 nitrogen and oxygen atoms in total. The maximum Gasteiger partial charge on any atom is 0.249 e. The van der Waals surface area contributed by atoms with Gasteiger partial charge in [-0.1, -0.05) is 18.2 Å². The van der Waals surface area contributed by atoms with E-state index in [9.17, 15) is 4.79 Å². The molecule has 2 rings (SSSR count).